The molecule has 1 heterocycles. The van der Waals surface area contributed by atoms with Crippen LogP contribution in [0.5, 0.6) is 0 Å². The van der Waals surface area contributed by atoms with Gasteiger partial charge in [0.25, 0.3) is 0 Å². The molecule has 22 heavy (non-hydrogen) atoms. The number of nitrogens with one attached hydrogen (secondary N) is 1. The highest BCUT2D eigenvalue weighted by Gasteiger charge is 2.19. The fourth-order valence-electron chi connectivity index (χ4n) is 1.71. The maximum Gasteiger partial charge on any atom is 0.328 e. The quantitative estimate of drug-likeness (QED) is 0.741. The van der Waals surface area contributed by atoms with Gasteiger partial charge in [-0.1, -0.05) is 23.7 Å². The molecular weight excluding hydrogens is 328 g/mol. The van der Waals surface area contributed by atoms with Crippen molar-refractivity contribution in [3.05, 3.63) is 40.4 Å². The van der Waals surface area contributed by atoms with Crippen LogP contribution in [0.3, 0.4) is 0 Å². The topological polar surface area (TPSA) is 99.5 Å². The van der Waals surface area contributed by atoms with E-state index >= 15 is 0 Å². The maximum atomic E-state index is 11.7. The van der Waals surface area contributed by atoms with E-state index in [-0.39, 0.29) is 6.42 Å². The SMILES string of the molecule is O=C(Cc1csc(-c2ccc(Cl)cc2)n1)N[C@@H](CO)C(=O)O. The number of aliphatic hydroxyl groups excluding tert-OH is 1. The van der Waals surface area contributed by atoms with Gasteiger partial charge in [-0.25, -0.2) is 9.78 Å². The van der Waals surface area contributed by atoms with Gasteiger partial charge in [0.05, 0.1) is 18.7 Å². The van der Waals surface area contributed by atoms with E-state index in [9.17, 15) is 9.59 Å². The summed E-state index contributed by atoms with van der Waals surface area (Å²) in [6.45, 7) is -0.659. The van der Waals surface area contributed by atoms with Crippen LogP contribution in [0.15, 0.2) is 29.6 Å². The number of rotatable bonds is 6. The molecule has 0 aliphatic carbocycles. The second-order valence-corrected chi connectivity index (χ2v) is 5.76. The van der Waals surface area contributed by atoms with Gasteiger partial charge < -0.3 is 15.5 Å². The first-order valence-electron chi connectivity index (χ1n) is 6.33. The van der Waals surface area contributed by atoms with Crippen LogP contribution in [0.4, 0.5) is 0 Å². The fraction of sp³-hybridized carbons (Fsp3) is 0.214. The van der Waals surface area contributed by atoms with E-state index in [0.29, 0.717) is 10.7 Å². The van der Waals surface area contributed by atoms with E-state index in [2.05, 4.69) is 10.3 Å². The highest BCUT2D eigenvalue weighted by molar-refractivity contribution is 7.13. The van der Waals surface area contributed by atoms with Crippen molar-refractivity contribution in [2.24, 2.45) is 0 Å². The third-order valence-corrected chi connectivity index (χ3v) is 3.99. The van der Waals surface area contributed by atoms with Gasteiger partial charge in [-0.3, -0.25) is 4.79 Å². The third kappa shape index (κ3) is 4.27. The number of aliphatic carboxylic acids is 1. The summed E-state index contributed by atoms with van der Waals surface area (Å²) < 4.78 is 0. The summed E-state index contributed by atoms with van der Waals surface area (Å²) in [4.78, 5) is 26.8. The molecule has 1 aromatic carbocycles. The summed E-state index contributed by atoms with van der Waals surface area (Å²) in [6, 6.07) is 5.86. The van der Waals surface area contributed by atoms with Gasteiger partial charge in [-0.2, -0.15) is 0 Å². The Bertz CT molecular complexity index is 672. The lowest BCUT2D eigenvalue weighted by atomic mass is 10.2. The second-order valence-electron chi connectivity index (χ2n) is 4.47. The summed E-state index contributed by atoms with van der Waals surface area (Å²) in [5.41, 5.74) is 1.43. The molecule has 1 atom stereocenters. The molecule has 1 amide bonds. The van der Waals surface area contributed by atoms with Crippen LogP contribution in [-0.2, 0) is 16.0 Å². The Morgan fingerprint density at radius 3 is 2.59 bits per heavy atom. The molecule has 0 aliphatic heterocycles. The Morgan fingerprint density at radius 1 is 1.32 bits per heavy atom. The summed E-state index contributed by atoms with van der Waals surface area (Å²) >= 11 is 7.20. The second kappa shape index (κ2) is 7.35. The van der Waals surface area contributed by atoms with Gasteiger partial charge in [-0.05, 0) is 12.1 Å². The van der Waals surface area contributed by atoms with Crippen molar-refractivity contribution in [1.82, 2.24) is 10.3 Å². The lowest BCUT2D eigenvalue weighted by Crippen LogP contribution is -2.43. The van der Waals surface area contributed by atoms with Crippen LogP contribution in [0.25, 0.3) is 10.6 Å². The molecule has 0 fully saturated rings. The smallest absolute Gasteiger partial charge is 0.328 e. The van der Waals surface area contributed by atoms with Gasteiger partial charge in [0, 0.05) is 16.0 Å². The number of hydrogen-bond donors (Lipinski definition) is 3. The maximum absolute atomic E-state index is 11.7. The number of carboxylic acid groups (broad SMARTS) is 1. The standard InChI is InChI=1S/C14H13ClN2O4S/c15-9-3-1-8(2-4-9)13-16-10(7-22-13)5-12(19)17-11(6-18)14(20)21/h1-4,7,11,18H,5-6H2,(H,17,19)(H,20,21)/t11-/m0/s1. The van der Waals surface area contributed by atoms with Crippen LogP contribution in [0.2, 0.25) is 5.02 Å². The summed E-state index contributed by atoms with van der Waals surface area (Å²) in [7, 11) is 0. The first-order chi connectivity index (χ1) is 10.5. The van der Waals surface area contributed by atoms with Gasteiger partial charge >= 0.3 is 5.97 Å². The summed E-state index contributed by atoms with van der Waals surface area (Å²) in [6.07, 6.45) is -0.0477. The van der Waals surface area contributed by atoms with Gasteiger partial charge in [0.15, 0.2) is 0 Å². The van der Waals surface area contributed by atoms with Crippen molar-refractivity contribution in [2.45, 2.75) is 12.5 Å². The molecule has 1 aromatic heterocycles. The van der Waals surface area contributed by atoms with Crippen molar-refractivity contribution < 1.29 is 19.8 Å². The molecule has 3 N–H and O–H groups in total. The van der Waals surface area contributed by atoms with Crippen molar-refractivity contribution in [2.75, 3.05) is 6.61 Å². The number of carbonyl (C=O) groups is 2. The lowest BCUT2D eigenvalue weighted by molar-refractivity contribution is -0.142. The number of benzene rings is 1. The molecular formula is C14H13ClN2O4S. The minimum absolute atomic E-state index is 0.0477. The zero-order chi connectivity index (χ0) is 16.1. The molecule has 0 saturated heterocycles. The van der Waals surface area contributed by atoms with E-state index in [1.54, 1.807) is 17.5 Å². The number of amides is 1. The molecule has 6 nitrogen and oxygen atoms in total. The van der Waals surface area contributed by atoms with Gasteiger partial charge in [0.2, 0.25) is 5.91 Å². The third-order valence-electron chi connectivity index (χ3n) is 2.80. The average Bonchev–Trinajstić information content (AvgIpc) is 2.93. The van der Waals surface area contributed by atoms with Crippen molar-refractivity contribution in [3.63, 3.8) is 0 Å². The number of aliphatic hydroxyl groups is 1. The van der Waals surface area contributed by atoms with Crippen LogP contribution < -0.4 is 5.32 Å². The first kappa shape index (κ1) is 16.4. The fourth-order valence-corrected chi connectivity index (χ4v) is 2.66. The summed E-state index contributed by atoms with van der Waals surface area (Å²) in [5, 5.41) is 23.0. The number of hydrogen-bond acceptors (Lipinski definition) is 5. The molecule has 116 valence electrons. The Kier molecular flexibility index (Phi) is 5.48. The van der Waals surface area contributed by atoms with E-state index < -0.39 is 24.5 Å². The predicted molar refractivity (Wildman–Crippen MR) is 82.9 cm³/mol. The molecule has 0 saturated carbocycles. The molecule has 0 radical (unpaired) electrons. The normalized spacial score (nSPS) is 11.9. The number of aromatic nitrogens is 1. The van der Waals surface area contributed by atoms with E-state index in [0.717, 1.165) is 10.6 Å². The highest BCUT2D eigenvalue weighted by atomic mass is 35.5. The number of halogens is 1. The van der Waals surface area contributed by atoms with Crippen LogP contribution >= 0.6 is 22.9 Å². The predicted octanol–water partition coefficient (Wildman–Crippen LogP) is 1.57. The highest BCUT2D eigenvalue weighted by Crippen LogP contribution is 2.25. The average molecular weight is 341 g/mol. The van der Waals surface area contributed by atoms with Crippen molar-refractivity contribution in [1.29, 1.82) is 0 Å². The Labute approximate surface area is 135 Å². The lowest BCUT2D eigenvalue weighted by Gasteiger charge is -2.10. The molecule has 8 heteroatoms. The molecule has 0 spiro atoms. The van der Waals surface area contributed by atoms with Crippen molar-refractivity contribution in [3.8, 4) is 10.6 Å². The van der Waals surface area contributed by atoms with E-state index in [4.69, 9.17) is 21.8 Å². The molecule has 0 aliphatic rings. The van der Waals surface area contributed by atoms with E-state index in [1.165, 1.54) is 11.3 Å². The Hall–Kier alpha value is -1.96. The summed E-state index contributed by atoms with van der Waals surface area (Å²) in [5.74, 6) is -1.79. The monoisotopic (exact) mass is 340 g/mol. The Balaban J connectivity index is 2.01. The van der Waals surface area contributed by atoms with Gasteiger partial charge in [-0.15, -0.1) is 11.3 Å². The number of carboxylic acids is 1. The van der Waals surface area contributed by atoms with E-state index in [1.807, 2.05) is 12.1 Å². The number of nitrogens with zero attached hydrogens (tertiary/aromatic N) is 1. The zero-order valence-corrected chi connectivity index (χ0v) is 12.9. The molecule has 0 bridgehead atoms. The van der Waals surface area contributed by atoms with Crippen LogP contribution in [0, 0.1) is 0 Å². The molecule has 2 rings (SSSR count). The first-order valence-corrected chi connectivity index (χ1v) is 7.58. The largest absolute Gasteiger partial charge is 0.480 e. The zero-order valence-electron chi connectivity index (χ0n) is 11.3. The number of thiazole rings is 1. The van der Waals surface area contributed by atoms with Gasteiger partial charge in [0.1, 0.15) is 11.0 Å². The molecule has 0 unspecified atom stereocenters. The number of carbonyl (C=O) groups excluding carboxylic acids is 1. The van der Waals surface area contributed by atoms with Crippen LogP contribution in [-0.4, -0.2) is 39.7 Å². The molecule has 2 aromatic rings. The minimum Gasteiger partial charge on any atom is -0.480 e. The van der Waals surface area contributed by atoms with Crippen LogP contribution in [0.1, 0.15) is 5.69 Å². The minimum atomic E-state index is -1.30. The van der Waals surface area contributed by atoms with Crippen molar-refractivity contribution >= 4 is 34.8 Å². The Morgan fingerprint density at radius 2 is 2.00 bits per heavy atom.